The second-order valence-corrected chi connectivity index (χ2v) is 7.35. The topological polar surface area (TPSA) is 92.7 Å². The van der Waals surface area contributed by atoms with E-state index < -0.39 is 0 Å². The van der Waals surface area contributed by atoms with Crippen molar-refractivity contribution in [1.82, 2.24) is 19.7 Å². The Balaban J connectivity index is 1.70. The van der Waals surface area contributed by atoms with Crippen molar-refractivity contribution < 1.29 is 4.79 Å². The average Bonchev–Trinajstić information content (AvgIpc) is 3.44. The molecule has 0 radical (unpaired) electrons. The van der Waals surface area contributed by atoms with Crippen molar-refractivity contribution >= 4 is 23.5 Å². The quantitative estimate of drug-likeness (QED) is 0.663. The van der Waals surface area contributed by atoms with E-state index in [0.717, 1.165) is 23.4 Å². The lowest BCUT2D eigenvalue weighted by Crippen LogP contribution is -2.19. The standard InChI is InChI=1S/C19H19N5O2S/c1-11-9-16(21-18(26)13-5-3-4-6-15(13)27-2)24(23-11)19-20-14(12-7-8-12)10-17(25)22-19/h3-6,9-10,12H,7-8H2,1-2H3,(H,21,26)(H,20,22,25). The lowest BCUT2D eigenvalue weighted by molar-refractivity contribution is 0.102. The van der Waals surface area contributed by atoms with Gasteiger partial charge in [-0.1, -0.05) is 12.1 Å². The number of anilines is 1. The molecule has 2 heterocycles. The Kier molecular flexibility index (Phi) is 4.57. The maximum absolute atomic E-state index is 12.8. The van der Waals surface area contributed by atoms with Crippen LogP contribution < -0.4 is 10.9 Å². The highest BCUT2D eigenvalue weighted by molar-refractivity contribution is 7.98. The predicted octanol–water partition coefficient (Wildman–Crippen LogP) is 3.12. The fourth-order valence-corrected chi connectivity index (χ4v) is 3.51. The fourth-order valence-electron chi connectivity index (χ4n) is 2.92. The number of hydrogen-bond acceptors (Lipinski definition) is 5. The normalized spacial score (nSPS) is 13.6. The van der Waals surface area contributed by atoms with Gasteiger partial charge in [0.25, 0.3) is 11.5 Å². The fraction of sp³-hybridized carbons (Fsp3) is 0.263. The summed E-state index contributed by atoms with van der Waals surface area (Å²) in [5.41, 5.74) is 1.85. The van der Waals surface area contributed by atoms with Gasteiger partial charge in [0.2, 0.25) is 5.95 Å². The smallest absolute Gasteiger partial charge is 0.257 e. The Morgan fingerprint density at radius 3 is 2.81 bits per heavy atom. The first-order valence-electron chi connectivity index (χ1n) is 8.68. The largest absolute Gasteiger partial charge is 0.306 e. The second-order valence-electron chi connectivity index (χ2n) is 6.51. The van der Waals surface area contributed by atoms with Crippen molar-refractivity contribution in [3.05, 3.63) is 63.7 Å². The summed E-state index contributed by atoms with van der Waals surface area (Å²) in [7, 11) is 0. The van der Waals surface area contributed by atoms with Crippen molar-refractivity contribution in [3.63, 3.8) is 0 Å². The summed E-state index contributed by atoms with van der Waals surface area (Å²) in [6.07, 6.45) is 4.02. The van der Waals surface area contributed by atoms with Gasteiger partial charge in [-0.2, -0.15) is 9.78 Å². The molecule has 138 valence electrons. The molecule has 27 heavy (non-hydrogen) atoms. The minimum absolute atomic E-state index is 0.222. The number of aromatic nitrogens is 4. The molecule has 8 heteroatoms. The van der Waals surface area contributed by atoms with Crippen LogP contribution in [0.3, 0.4) is 0 Å². The molecule has 2 N–H and O–H groups in total. The molecule has 1 aliphatic rings. The van der Waals surface area contributed by atoms with Gasteiger partial charge in [0.05, 0.1) is 17.0 Å². The maximum Gasteiger partial charge on any atom is 0.257 e. The molecule has 1 saturated carbocycles. The minimum atomic E-state index is -0.234. The Morgan fingerprint density at radius 2 is 2.07 bits per heavy atom. The van der Waals surface area contributed by atoms with Crippen molar-refractivity contribution in [2.24, 2.45) is 0 Å². The zero-order chi connectivity index (χ0) is 19.0. The number of carbonyl (C=O) groups is 1. The van der Waals surface area contributed by atoms with Crippen LogP contribution in [0, 0.1) is 6.92 Å². The van der Waals surface area contributed by atoms with Crippen LogP contribution in [-0.2, 0) is 0 Å². The van der Waals surface area contributed by atoms with Gasteiger partial charge in [0, 0.05) is 22.9 Å². The van der Waals surface area contributed by atoms with Crippen molar-refractivity contribution in [2.45, 2.75) is 30.6 Å². The van der Waals surface area contributed by atoms with Gasteiger partial charge in [0.1, 0.15) is 5.82 Å². The van der Waals surface area contributed by atoms with E-state index in [1.54, 1.807) is 12.1 Å². The molecular weight excluding hydrogens is 362 g/mol. The first-order valence-corrected chi connectivity index (χ1v) is 9.90. The SMILES string of the molecule is CSc1ccccc1C(=O)Nc1cc(C)nn1-c1nc(C2CC2)cc(=O)[nH]1. The van der Waals surface area contributed by atoms with Crippen LogP contribution in [0.1, 0.15) is 40.5 Å². The number of H-pyrrole nitrogens is 1. The van der Waals surface area contributed by atoms with E-state index in [-0.39, 0.29) is 11.5 Å². The van der Waals surface area contributed by atoms with Gasteiger partial charge >= 0.3 is 0 Å². The molecule has 1 aromatic carbocycles. The number of nitrogens with zero attached hydrogens (tertiary/aromatic N) is 3. The Morgan fingerprint density at radius 1 is 1.30 bits per heavy atom. The first kappa shape index (κ1) is 17.5. The van der Waals surface area contributed by atoms with E-state index in [1.165, 1.54) is 22.5 Å². The van der Waals surface area contributed by atoms with Crippen molar-refractivity contribution in [2.75, 3.05) is 11.6 Å². The summed E-state index contributed by atoms with van der Waals surface area (Å²) in [4.78, 5) is 33.0. The molecule has 7 nitrogen and oxygen atoms in total. The van der Waals surface area contributed by atoms with Gasteiger partial charge in [0.15, 0.2) is 0 Å². The maximum atomic E-state index is 12.8. The summed E-state index contributed by atoms with van der Waals surface area (Å²) in [5, 5.41) is 7.29. The summed E-state index contributed by atoms with van der Waals surface area (Å²) in [5.74, 6) is 0.881. The van der Waals surface area contributed by atoms with E-state index in [4.69, 9.17) is 0 Å². The lowest BCUT2D eigenvalue weighted by Gasteiger charge is -2.10. The number of rotatable bonds is 5. The van der Waals surface area contributed by atoms with E-state index in [1.807, 2.05) is 31.4 Å². The van der Waals surface area contributed by atoms with Gasteiger partial charge in [-0.3, -0.25) is 14.6 Å². The molecule has 0 unspecified atom stereocenters. The molecule has 0 spiro atoms. The van der Waals surface area contributed by atoms with E-state index in [9.17, 15) is 9.59 Å². The number of hydrogen-bond donors (Lipinski definition) is 2. The van der Waals surface area contributed by atoms with Gasteiger partial charge < -0.3 is 5.32 Å². The first-order chi connectivity index (χ1) is 13.0. The van der Waals surface area contributed by atoms with Crippen LogP contribution in [0.2, 0.25) is 0 Å². The monoisotopic (exact) mass is 381 g/mol. The second kappa shape index (κ2) is 7.03. The molecule has 0 bridgehead atoms. The molecule has 0 aliphatic heterocycles. The number of thioether (sulfide) groups is 1. The molecule has 1 aliphatic carbocycles. The van der Waals surface area contributed by atoms with E-state index in [2.05, 4.69) is 20.4 Å². The van der Waals surface area contributed by atoms with Crippen molar-refractivity contribution in [3.8, 4) is 5.95 Å². The highest BCUT2D eigenvalue weighted by Crippen LogP contribution is 2.38. The lowest BCUT2D eigenvalue weighted by atomic mass is 10.2. The number of aryl methyl sites for hydroxylation is 1. The van der Waals surface area contributed by atoms with Crippen LogP contribution in [0.5, 0.6) is 0 Å². The third-order valence-corrected chi connectivity index (χ3v) is 5.17. The molecule has 3 aromatic rings. The Labute approximate surface area is 160 Å². The minimum Gasteiger partial charge on any atom is -0.306 e. The molecule has 2 aromatic heterocycles. The highest BCUT2D eigenvalue weighted by Gasteiger charge is 2.26. The van der Waals surface area contributed by atoms with E-state index in [0.29, 0.717) is 28.9 Å². The Bertz CT molecular complexity index is 1070. The van der Waals surface area contributed by atoms with Gasteiger partial charge in [-0.15, -0.1) is 11.8 Å². The van der Waals surface area contributed by atoms with Gasteiger partial charge in [-0.25, -0.2) is 4.98 Å². The Hall–Kier alpha value is -2.87. The zero-order valence-electron chi connectivity index (χ0n) is 15.0. The van der Waals surface area contributed by atoms with Gasteiger partial charge in [-0.05, 0) is 38.2 Å². The summed E-state index contributed by atoms with van der Waals surface area (Å²) in [6, 6.07) is 10.7. The van der Waals surface area contributed by atoms with Crippen molar-refractivity contribution in [1.29, 1.82) is 0 Å². The van der Waals surface area contributed by atoms with Crippen LogP contribution in [0.15, 0.2) is 46.1 Å². The highest BCUT2D eigenvalue weighted by atomic mass is 32.2. The zero-order valence-corrected chi connectivity index (χ0v) is 15.8. The molecule has 4 rings (SSSR count). The number of amides is 1. The summed E-state index contributed by atoms with van der Waals surface area (Å²) >= 11 is 1.51. The molecular formula is C19H19N5O2S. The average molecular weight is 381 g/mol. The molecule has 1 amide bonds. The summed E-state index contributed by atoms with van der Waals surface area (Å²) in [6.45, 7) is 1.82. The van der Waals surface area contributed by atoms with Crippen LogP contribution in [-0.4, -0.2) is 31.9 Å². The van der Waals surface area contributed by atoms with Crippen LogP contribution in [0.4, 0.5) is 5.82 Å². The summed E-state index contributed by atoms with van der Waals surface area (Å²) < 4.78 is 1.47. The number of carbonyl (C=O) groups excluding carboxylic acids is 1. The number of benzene rings is 1. The third-order valence-electron chi connectivity index (χ3n) is 4.37. The molecule has 0 saturated heterocycles. The van der Waals surface area contributed by atoms with Crippen LogP contribution in [0.25, 0.3) is 5.95 Å². The van der Waals surface area contributed by atoms with E-state index >= 15 is 0 Å². The number of nitrogens with one attached hydrogen (secondary N) is 2. The predicted molar refractivity (Wildman–Crippen MR) is 105 cm³/mol. The molecule has 1 fully saturated rings. The molecule has 0 atom stereocenters. The number of aromatic amines is 1. The van der Waals surface area contributed by atoms with Crippen LogP contribution >= 0.6 is 11.8 Å². The third kappa shape index (κ3) is 3.66.